The van der Waals surface area contributed by atoms with Gasteiger partial charge in [0, 0.05) is 12.8 Å². The molecule has 0 amide bonds. The summed E-state index contributed by atoms with van der Waals surface area (Å²) in [4.78, 5) is 24.3. The van der Waals surface area contributed by atoms with E-state index < -0.39 is 0 Å². The minimum absolute atomic E-state index is 0.264. The molecular formula is C27H44O4. The second-order valence-electron chi connectivity index (χ2n) is 8.97. The average Bonchev–Trinajstić information content (AvgIpc) is 2.73. The Balaban J connectivity index is 2.26. The predicted octanol–water partition coefficient (Wildman–Crippen LogP) is 8.02. The van der Waals surface area contributed by atoms with Crippen molar-refractivity contribution in [3.63, 3.8) is 0 Å². The first-order valence-corrected chi connectivity index (χ1v) is 12.5. The Bertz CT molecular complexity index is 609. The largest absolute Gasteiger partial charge is 0.423 e. The van der Waals surface area contributed by atoms with Gasteiger partial charge in [-0.25, -0.2) is 0 Å². The van der Waals surface area contributed by atoms with Gasteiger partial charge in [-0.1, -0.05) is 104 Å². The molecule has 0 N–H and O–H groups in total. The maximum atomic E-state index is 12.2. The van der Waals surface area contributed by atoms with Crippen LogP contribution < -0.4 is 9.47 Å². The molecule has 0 saturated carbocycles. The van der Waals surface area contributed by atoms with E-state index in [1.54, 1.807) is 24.3 Å². The van der Waals surface area contributed by atoms with Gasteiger partial charge in [0.2, 0.25) is 0 Å². The molecule has 0 unspecified atom stereocenters. The summed E-state index contributed by atoms with van der Waals surface area (Å²) in [6.45, 7) is 6.69. The first-order chi connectivity index (χ1) is 15.0. The van der Waals surface area contributed by atoms with Gasteiger partial charge in [0.05, 0.1) is 0 Å². The van der Waals surface area contributed by atoms with Gasteiger partial charge in [0.1, 0.15) is 0 Å². The van der Waals surface area contributed by atoms with E-state index in [4.69, 9.17) is 9.47 Å². The van der Waals surface area contributed by atoms with Gasteiger partial charge in [-0.05, 0) is 30.9 Å². The van der Waals surface area contributed by atoms with Crippen molar-refractivity contribution >= 4 is 11.9 Å². The number of rotatable bonds is 18. The second kappa shape index (κ2) is 17.8. The number of carbonyl (C=O) groups excluding carboxylic acids is 2. The highest BCUT2D eigenvalue weighted by Crippen LogP contribution is 2.27. The van der Waals surface area contributed by atoms with E-state index in [1.165, 1.54) is 51.4 Å². The fourth-order valence-corrected chi connectivity index (χ4v) is 3.54. The fourth-order valence-electron chi connectivity index (χ4n) is 3.54. The summed E-state index contributed by atoms with van der Waals surface area (Å²) in [6.07, 6.45) is 15.7. The first kappa shape index (κ1) is 27.2. The minimum atomic E-state index is -0.268. The minimum Gasteiger partial charge on any atom is -0.423 e. The predicted molar refractivity (Wildman–Crippen MR) is 127 cm³/mol. The van der Waals surface area contributed by atoms with Crippen LogP contribution in [0.1, 0.15) is 117 Å². The Morgan fingerprint density at radius 2 is 1.10 bits per heavy atom. The molecule has 0 radical (unpaired) electrons. The van der Waals surface area contributed by atoms with Crippen LogP contribution >= 0.6 is 0 Å². The van der Waals surface area contributed by atoms with Gasteiger partial charge in [0.25, 0.3) is 0 Å². The molecular weight excluding hydrogens is 388 g/mol. The van der Waals surface area contributed by atoms with E-state index in [0.717, 1.165) is 38.0 Å². The van der Waals surface area contributed by atoms with E-state index in [1.807, 2.05) is 0 Å². The van der Waals surface area contributed by atoms with Crippen LogP contribution in [-0.2, 0) is 9.59 Å². The van der Waals surface area contributed by atoms with Crippen molar-refractivity contribution in [2.24, 2.45) is 5.92 Å². The smallest absolute Gasteiger partial charge is 0.311 e. The van der Waals surface area contributed by atoms with Crippen LogP contribution in [0.5, 0.6) is 11.5 Å². The molecule has 0 aliphatic carbocycles. The normalized spacial score (nSPS) is 11.0. The van der Waals surface area contributed by atoms with E-state index in [0.29, 0.717) is 24.3 Å². The molecule has 1 aromatic rings. The zero-order chi connectivity index (χ0) is 22.7. The molecule has 31 heavy (non-hydrogen) atoms. The zero-order valence-electron chi connectivity index (χ0n) is 20.1. The molecule has 0 bridgehead atoms. The number of para-hydroxylation sites is 2. The third kappa shape index (κ3) is 14.7. The number of unbranched alkanes of at least 4 members (excludes halogenated alkanes) is 10. The van der Waals surface area contributed by atoms with Crippen LogP contribution in [0, 0.1) is 5.92 Å². The third-order valence-electron chi connectivity index (χ3n) is 5.44. The summed E-state index contributed by atoms with van der Waals surface area (Å²) in [6, 6.07) is 6.93. The molecule has 0 aliphatic heterocycles. The van der Waals surface area contributed by atoms with Gasteiger partial charge >= 0.3 is 11.9 Å². The fraction of sp³-hybridized carbons (Fsp3) is 0.704. The maximum Gasteiger partial charge on any atom is 0.311 e. The van der Waals surface area contributed by atoms with Crippen molar-refractivity contribution in [3.8, 4) is 11.5 Å². The maximum absolute atomic E-state index is 12.2. The Morgan fingerprint density at radius 3 is 1.55 bits per heavy atom. The number of hydrogen-bond acceptors (Lipinski definition) is 4. The van der Waals surface area contributed by atoms with E-state index in [-0.39, 0.29) is 11.9 Å². The Hall–Kier alpha value is -1.84. The number of esters is 2. The quantitative estimate of drug-likeness (QED) is 0.134. The lowest BCUT2D eigenvalue weighted by Crippen LogP contribution is -2.12. The van der Waals surface area contributed by atoms with Crippen molar-refractivity contribution in [1.82, 2.24) is 0 Å². The molecule has 4 heteroatoms. The van der Waals surface area contributed by atoms with E-state index in [2.05, 4.69) is 20.8 Å². The lowest BCUT2D eigenvalue weighted by Gasteiger charge is -2.10. The van der Waals surface area contributed by atoms with Crippen molar-refractivity contribution < 1.29 is 19.1 Å². The number of carbonyl (C=O) groups is 2. The third-order valence-corrected chi connectivity index (χ3v) is 5.44. The highest BCUT2D eigenvalue weighted by atomic mass is 16.6. The van der Waals surface area contributed by atoms with Crippen molar-refractivity contribution in [2.75, 3.05) is 0 Å². The second-order valence-corrected chi connectivity index (χ2v) is 8.97. The number of benzene rings is 1. The number of ether oxygens (including phenoxy) is 2. The Kier molecular flexibility index (Phi) is 15.6. The summed E-state index contributed by atoms with van der Waals surface area (Å²) >= 11 is 0. The standard InChI is InChI=1S/C27H44O4/c1-4-5-6-7-8-9-10-14-21-26(28)30-24-19-16-17-20-25(24)31-27(29)22-15-12-11-13-18-23(2)3/h16-17,19-20,23H,4-15,18,21-22H2,1-3H3. The monoisotopic (exact) mass is 432 g/mol. The Labute approximate surface area is 190 Å². The molecule has 4 nitrogen and oxygen atoms in total. The average molecular weight is 433 g/mol. The van der Waals surface area contributed by atoms with Gasteiger partial charge in [-0.15, -0.1) is 0 Å². The van der Waals surface area contributed by atoms with Crippen LogP contribution in [0.2, 0.25) is 0 Å². The lowest BCUT2D eigenvalue weighted by molar-refractivity contribution is -0.137. The van der Waals surface area contributed by atoms with Gasteiger partial charge in [0.15, 0.2) is 11.5 Å². The Morgan fingerprint density at radius 1 is 0.677 bits per heavy atom. The van der Waals surface area contributed by atoms with Crippen molar-refractivity contribution in [1.29, 1.82) is 0 Å². The lowest BCUT2D eigenvalue weighted by atomic mass is 10.0. The van der Waals surface area contributed by atoms with Gasteiger partial charge in [-0.2, -0.15) is 0 Å². The highest BCUT2D eigenvalue weighted by Gasteiger charge is 2.13. The summed E-state index contributed by atoms with van der Waals surface area (Å²) in [5, 5.41) is 0. The molecule has 0 aliphatic rings. The molecule has 0 saturated heterocycles. The molecule has 1 aromatic carbocycles. The van der Waals surface area contributed by atoms with Gasteiger partial charge < -0.3 is 9.47 Å². The first-order valence-electron chi connectivity index (χ1n) is 12.5. The molecule has 0 atom stereocenters. The summed E-state index contributed by atoms with van der Waals surface area (Å²) < 4.78 is 10.9. The molecule has 1 rings (SSSR count). The summed E-state index contributed by atoms with van der Waals surface area (Å²) in [7, 11) is 0. The van der Waals surface area contributed by atoms with E-state index >= 15 is 0 Å². The SMILES string of the molecule is CCCCCCCCCCC(=O)Oc1ccccc1OC(=O)CCCCCCC(C)C. The zero-order valence-corrected chi connectivity index (χ0v) is 20.1. The topological polar surface area (TPSA) is 52.6 Å². The van der Waals surface area contributed by atoms with Crippen LogP contribution in [0.4, 0.5) is 0 Å². The molecule has 0 aromatic heterocycles. The van der Waals surface area contributed by atoms with Gasteiger partial charge in [-0.3, -0.25) is 9.59 Å². The molecule has 176 valence electrons. The summed E-state index contributed by atoms with van der Waals surface area (Å²) in [5.41, 5.74) is 0. The van der Waals surface area contributed by atoms with Crippen LogP contribution in [0.15, 0.2) is 24.3 Å². The van der Waals surface area contributed by atoms with Crippen LogP contribution in [-0.4, -0.2) is 11.9 Å². The summed E-state index contributed by atoms with van der Waals surface area (Å²) in [5.74, 6) is 0.865. The van der Waals surface area contributed by atoms with E-state index in [9.17, 15) is 9.59 Å². The van der Waals surface area contributed by atoms with Crippen LogP contribution in [0.25, 0.3) is 0 Å². The molecule has 0 spiro atoms. The molecule has 0 heterocycles. The van der Waals surface area contributed by atoms with Crippen molar-refractivity contribution in [3.05, 3.63) is 24.3 Å². The highest BCUT2D eigenvalue weighted by molar-refractivity contribution is 5.76. The molecule has 0 fully saturated rings. The number of hydrogen-bond donors (Lipinski definition) is 0. The van der Waals surface area contributed by atoms with Crippen LogP contribution in [0.3, 0.4) is 0 Å². The van der Waals surface area contributed by atoms with Crippen molar-refractivity contribution in [2.45, 2.75) is 117 Å².